The molecule has 3 rings (SSSR count). The first-order valence-electron chi connectivity index (χ1n) is 8.65. The number of anilines is 2. The minimum Gasteiger partial charge on any atom is -0.366 e. The monoisotopic (exact) mass is 375 g/mol. The number of halogens is 2. The Morgan fingerprint density at radius 2 is 2.04 bits per heavy atom. The van der Waals surface area contributed by atoms with Gasteiger partial charge < -0.3 is 10.2 Å². The molecule has 0 saturated carbocycles. The first kappa shape index (κ1) is 18.8. The van der Waals surface area contributed by atoms with Gasteiger partial charge in [-0.3, -0.25) is 14.9 Å². The van der Waals surface area contributed by atoms with Crippen molar-refractivity contribution in [3.05, 3.63) is 63.7 Å². The molecule has 1 saturated heterocycles. The van der Waals surface area contributed by atoms with Gasteiger partial charge in [-0.15, -0.1) is 0 Å². The number of hydrogen-bond donors (Lipinski definition) is 1. The Labute approximate surface area is 154 Å². The molecular formula is C19H19F2N3O3. The lowest BCUT2D eigenvalue weighted by Gasteiger charge is -2.32. The van der Waals surface area contributed by atoms with Crippen molar-refractivity contribution < 1.29 is 18.5 Å². The smallest absolute Gasteiger partial charge is 0.293 e. The molecule has 6 nitrogen and oxygen atoms in total. The van der Waals surface area contributed by atoms with Crippen molar-refractivity contribution in [1.29, 1.82) is 0 Å². The van der Waals surface area contributed by atoms with Gasteiger partial charge >= 0.3 is 0 Å². The molecule has 1 amide bonds. The SMILES string of the molecule is C[C@H]1CCCN(c2ccc(C(=O)Nc3cc(F)ccc3F)cc2[N+](=O)[O-])C1. The van der Waals surface area contributed by atoms with Crippen LogP contribution in [0, 0.1) is 27.7 Å². The first-order valence-corrected chi connectivity index (χ1v) is 8.65. The van der Waals surface area contributed by atoms with Crippen LogP contribution in [0.5, 0.6) is 0 Å². The van der Waals surface area contributed by atoms with Crippen LogP contribution in [0.4, 0.5) is 25.8 Å². The average molecular weight is 375 g/mol. The Bertz CT molecular complexity index is 888. The molecule has 1 atom stereocenters. The molecule has 2 aromatic carbocycles. The van der Waals surface area contributed by atoms with Crippen molar-refractivity contribution >= 4 is 23.0 Å². The molecule has 1 fully saturated rings. The highest BCUT2D eigenvalue weighted by Gasteiger charge is 2.25. The van der Waals surface area contributed by atoms with Gasteiger partial charge in [0.25, 0.3) is 11.6 Å². The summed E-state index contributed by atoms with van der Waals surface area (Å²) in [5.41, 5.74) is -0.0488. The zero-order chi connectivity index (χ0) is 19.6. The topological polar surface area (TPSA) is 75.5 Å². The molecule has 8 heteroatoms. The number of rotatable bonds is 4. The minimum atomic E-state index is -0.793. The Balaban J connectivity index is 1.88. The standard InChI is InChI=1S/C19H19F2N3O3/c1-12-3-2-8-23(11-12)17-7-4-13(9-18(17)24(26)27)19(25)22-16-10-14(20)5-6-15(16)21/h4-7,9-10,12H,2-3,8,11H2,1H3,(H,22,25)/t12-/m0/s1. The molecule has 0 spiro atoms. The normalized spacial score (nSPS) is 16.9. The minimum absolute atomic E-state index is 0.000769. The number of hydrogen-bond acceptors (Lipinski definition) is 4. The van der Waals surface area contributed by atoms with Crippen LogP contribution in [0.25, 0.3) is 0 Å². The zero-order valence-electron chi connectivity index (χ0n) is 14.7. The summed E-state index contributed by atoms with van der Waals surface area (Å²) in [4.78, 5) is 25.3. The lowest BCUT2D eigenvalue weighted by atomic mass is 9.99. The molecule has 1 heterocycles. The Hall–Kier alpha value is -3.03. The van der Waals surface area contributed by atoms with Crippen molar-refractivity contribution in [1.82, 2.24) is 0 Å². The number of nitro benzene ring substituents is 1. The van der Waals surface area contributed by atoms with Gasteiger partial charge in [0.05, 0.1) is 10.6 Å². The van der Waals surface area contributed by atoms with Gasteiger partial charge in [0, 0.05) is 30.8 Å². The highest BCUT2D eigenvalue weighted by atomic mass is 19.1. The van der Waals surface area contributed by atoms with Gasteiger partial charge in [0.1, 0.15) is 17.3 Å². The van der Waals surface area contributed by atoms with Crippen LogP contribution in [0.15, 0.2) is 36.4 Å². The molecule has 0 radical (unpaired) electrons. The maximum absolute atomic E-state index is 13.7. The number of nitro groups is 1. The summed E-state index contributed by atoms with van der Waals surface area (Å²) in [6.07, 6.45) is 2.02. The van der Waals surface area contributed by atoms with E-state index in [0.29, 0.717) is 24.7 Å². The fourth-order valence-electron chi connectivity index (χ4n) is 3.27. The predicted octanol–water partition coefficient (Wildman–Crippen LogP) is 4.36. The Morgan fingerprint density at radius 1 is 1.26 bits per heavy atom. The summed E-state index contributed by atoms with van der Waals surface area (Å²) in [7, 11) is 0. The average Bonchev–Trinajstić information content (AvgIpc) is 2.64. The third-order valence-corrected chi connectivity index (χ3v) is 4.61. The maximum atomic E-state index is 13.7. The van der Waals surface area contributed by atoms with Crippen molar-refractivity contribution in [2.24, 2.45) is 5.92 Å². The third-order valence-electron chi connectivity index (χ3n) is 4.61. The molecule has 142 valence electrons. The molecule has 1 aliphatic rings. The van der Waals surface area contributed by atoms with Crippen LogP contribution in [0.2, 0.25) is 0 Å². The maximum Gasteiger partial charge on any atom is 0.293 e. The second-order valence-corrected chi connectivity index (χ2v) is 6.73. The second kappa shape index (κ2) is 7.69. The molecule has 1 aliphatic heterocycles. The largest absolute Gasteiger partial charge is 0.366 e. The third kappa shape index (κ3) is 4.21. The summed E-state index contributed by atoms with van der Waals surface area (Å²) in [6.45, 7) is 3.51. The fourth-order valence-corrected chi connectivity index (χ4v) is 3.27. The van der Waals surface area contributed by atoms with E-state index >= 15 is 0 Å². The van der Waals surface area contributed by atoms with E-state index in [0.717, 1.165) is 31.0 Å². The van der Waals surface area contributed by atoms with Gasteiger partial charge in [-0.1, -0.05) is 6.92 Å². The van der Waals surface area contributed by atoms with E-state index in [1.807, 2.05) is 4.90 Å². The van der Waals surface area contributed by atoms with Crippen LogP contribution >= 0.6 is 0 Å². The quantitative estimate of drug-likeness (QED) is 0.636. The molecular weight excluding hydrogens is 356 g/mol. The molecule has 0 aromatic heterocycles. The van der Waals surface area contributed by atoms with Crippen molar-refractivity contribution in [2.45, 2.75) is 19.8 Å². The fraction of sp³-hybridized carbons (Fsp3) is 0.316. The van der Waals surface area contributed by atoms with E-state index in [9.17, 15) is 23.7 Å². The number of benzene rings is 2. The molecule has 0 aliphatic carbocycles. The number of amides is 1. The molecule has 0 unspecified atom stereocenters. The van der Waals surface area contributed by atoms with Crippen LogP contribution in [0.1, 0.15) is 30.1 Å². The molecule has 0 bridgehead atoms. The number of piperidine rings is 1. The second-order valence-electron chi connectivity index (χ2n) is 6.73. The number of carbonyl (C=O) groups is 1. The predicted molar refractivity (Wildman–Crippen MR) is 98.0 cm³/mol. The van der Waals surface area contributed by atoms with E-state index in [1.54, 1.807) is 0 Å². The highest BCUT2D eigenvalue weighted by Crippen LogP contribution is 2.32. The molecule has 2 aromatic rings. The van der Waals surface area contributed by atoms with Crippen LogP contribution < -0.4 is 10.2 Å². The summed E-state index contributed by atoms with van der Waals surface area (Å²) in [5, 5.41) is 13.8. The lowest BCUT2D eigenvalue weighted by molar-refractivity contribution is -0.384. The van der Waals surface area contributed by atoms with E-state index in [4.69, 9.17) is 0 Å². The van der Waals surface area contributed by atoms with E-state index in [-0.39, 0.29) is 16.9 Å². The van der Waals surface area contributed by atoms with Crippen molar-refractivity contribution in [2.75, 3.05) is 23.3 Å². The van der Waals surface area contributed by atoms with Crippen LogP contribution in [-0.2, 0) is 0 Å². The summed E-state index contributed by atoms with van der Waals surface area (Å²) < 4.78 is 26.9. The van der Waals surface area contributed by atoms with Gasteiger partial charge in [0.15, 0.2) is 0 Å². The molecule has 1 N–H and O–H groups in total. The number of carbonyl (C=O) groups excluding carboxylic acids is 1. The number of nitrogens with one attached hydrogen (secondary N) is 1. The molecule has 27 heavy (non-hydrogen) atoms. The van der Waals surface area contributed by atoms with Crippen molar-refractivity contribution in [3.8, 4) is 0 Å². The first-order chi connectivity index (χ1) is 12.8. The van der Waals surface area contributed by atoms with Crippen LogP contribution in [0.3, 0.4) is 0 Å². The van der Waals surface area contributed by atoms with E-state index < -0.39 is 22.5 Å². The summed E-state index contributed by atoms with van der Waals surface area (Å²) in [6, 6.07) is 6.84. The zero-order valence-corrected chi connectivity index (χ0v) is 14.7. The van der Waals surface area contributed by atoms with Crippen LogP contribution in [-0.4, -0.2) is 23.9 Å². The van der Waals surface area contributed by atoms with E-state index in [2.05, 4.69) is 12.2 Å². The Morgan fingerprint density at radius 3 is 2.74 bits per heavy atom. The van der Waals surface area contributed by atoms with Gasteiger partial charge in [-0.05, 0) is 43.0 Å². The van der Waals surface area contributed by atoms with E-state index in [1.165, 1.54) is 18.2 Å². The number of nitrogens with zero attached hydrogens (tertiary/aromatic N) is 2. The summed E-state index contributed by atoms with van der Waals surface area (Å²) in [5.74, 6) is -1.82. The highest BCUT2D eigenvalue weighted by molar-refractivity contribution is 6.05. The van der Waals surface area contributed by atoms with Gasteiger partial charge in [-0.2, -0.15) is 0 Å². The summed E-state index contributed by atoms with van der Waals surface area (Å²) >= 11 is 0. The Kier molecular flexibility index (Phi) is 5.34. The lowest BCUT2D eigenvalue weighted by Crippen LogP contribution is -2.34. The van der Waals surface area contributed by atoms with Crippen molar-refractivity contribution in [3.63, 3.8) is 0 Å². The van der Waals surface area contributed by atoms with Gasteiger partial charge in [-0.25, -0.2) is 8.78 Å². The van der Waals surface area contributed by atoms with Gasteiger partial charge in [0.2, 0.25) is 0 Å².